The second-order valence-electron chi connectivity index (χ2n) is 5.89. The first-order chi connectivity index (χ1) is 10.4. The summed E-state index contributed by atoms with van der Waals surface area (Å²) < 4.78 is 0. The Hall–Kier alpha value is -2.01. The van der Waals surface area contributed by atoms with E-state index in [0.717, 1.165) is 17.8 Å². The van der Waals surface area contributed by atoms with Gasteiger partial charge in [0.1, 0.15) is 0 Å². The molecule has 6 heteroatoms. The van der Waals surface area contributed by atoms with Crippen LogP contribution in [0.15, 0.2) is 24.3 Å². The molecule has 0 unspecified atom stereocenters. The van der Waals surface area contributed by atoms with Gasteiger partial charge in [0.05, 0.1) is 10.7 Å². The summed E-state index contributed by atoms with van der Waals surface area (Å²) in [6.07, 6.45) is 0.865. The van der Waals surface area contributed by atoms with Gasteiger partial charge in [0, 0.05) is 25.5 Å². The normalized spacial score (nSPS) is 10.8. The van der Waals surface area contributed by atoms with Crippen LogP contribution in [0.5, 0.6) is 0 Å². The van der Waals surface area contributed by atoms with Gasteiger partial charge in [0.25, 0.3) is 5.91 Å². The molecule has 1 aromatic carbocycles. The molecule has 5 nitrogen and oxygen atoms in total. The first kappa shape index (κ1) is 16.4. The van der Waals surface area contributed by atoms with Crippen molar-refractivity contribution in [3.8, 4) is 0 Å². The predicted octanol–water partition coefficient (Wildman–Crippen LogP) is 3.58. The monoisotopic (exact) mass is 320 g/mol. The van der Waals surface area contributed by atoms with Gasteiger partial charge in [-0.15, -0.1) is 0 Å². The summed E-state index contributed by atoms with van der Waals surface area (Å²) in [6, 6.07) is 7.20. The highest BCUT2D eigenvalue weighted by molar-refractivity contribution is 6.33. The van der Waals surface area contributed by atoms with Gasteiger partial charge < -0.3 is 10.2 Å². The van der Waals surface area contributed by atoms with Crippen LogP contribution in [-0.2, 0) is 6.42 Å². The van der Waals surface area contributed by atoms with E-state index in [2.05, 4.69) is 29.4 Å². The maximum atomic E-state index is 12.2. The van der Waals surface area contributed by atoms with Gasteiger partial charge in [-0.3, -0.25) is 9.89 Å². The van der Waals surface area contributed by atoms with Gasteiger partial charge in [0.2, 0.25) is 0 Å². The van der Waals surface area contributed by atoms with Crippen molar-refractivity contribution >= 4 is 28.9 Å². The number of carbonyl (C=O) groups is 1. The van der Waals surface area contributed by atoms with Crippen molar-refractivity contribution in [3.63, 3.8) is 0 Å². The molecule has 118 valence electrons. The molecule has 0 aliphatic carbocycles. The average molecular weight is 321 g/mol. The van der Waals surface area contributed by atoms with Crippen LogP contribution in [0, 0.1) is 5.92 Å². The molecular weight excluding hydrogens is 300 g/mol. The largest absolute Gasteiger partial charge is 0.376 e. The van der Waals surface area contributed by atoms with E-state index in [-0.39, 0.29) is 5.91 Å². The minimum atomic E-state index is -0.250. The van der Waals surface area contributed by atoms with Crippen LogP contribution in [0.25, 0.3) is 0 Å². The zero-order chi connectivity index (χ0) is 16.3. The summed E-state index contributed by atoms with van der Waals surface area (Å²) in [4.78, 5) is 14.1. The van der Waals surface area contributed by atoms with Gasteiger partial charge in [-0.05, 0) is 36.6 Å². The summed E-state index contributed by atoms with van der Waals surface area (Å²) in [5.74, 6) is 0.258. The van der Waals surface area contributed by atoms with Crippen LogP contribution in [0.1, 0.15) is 30.0 Å². The van der Waals surface area contributed by atoms with Crippen LogP contribution >= 0.6 is 11.6 Å². The molecule has 2 N–H and O–H groups in total. The molecule has 0 saturated heterocycles. The molecule has 0 bridgehead atoms. The third-order valence-electron chi connectivity index (χ3n) is 3.18. The van der Waals surface area contributed by atoms with E-state index in [1.807, 2.05) is 31.1 Å². The lowest BCUT2D eigenvalue weighted by Gasteiger charge is -2.15. The molecule has 1 heterocycles. The molecule has 0 radical (unpaired) electrons. The highest BCUT2D eigenvalue weighted by Crippen LogP contribution is 2.27. The number of aromatic nitrogens is 2. The number of aromatic amines is 1. The van der Waals surface area contributed by atoms with Crippen molar-refractivity contribution < 1.29 is 4.79 Å². The molecule has 22 heavy (non-hydrogen) atoms. The molecule has 2 rings (SSSR count). The van der Waals surface area contributed by atoms with Crippen molar-refractivity contribution in [2.75, 3.05) is 24.3 Å². The molecular formula is C16H21ClN4O. The standard InChI is InChI=1S/C16H21ClN4O/c1-10(2)7-12-9-14(20-19-12)16(22)18-11-5-6-15(21(3)4)13(17)8-11/h5-6,8-10H,7H2,1-4H3,(H,18,22)(H,19,20). The third kappa shape index (κ3) is 4.01. The van der Waals surface area contributed by atoms with E-state index in [1.165, 1.54) is 0 Å². The minimum absolute atomic E-state index is 0.250. The molecule has 0 fully saturated rings. The lowest BCUT2D eigenvalue weighted by Crippen LogP contribution is -2.13. The van der Waals surface area contributed by atoms with Crippen LogP contribution < -0.4 is 10.2 Å². The lowest BCUT2D eigenvalue weighted by atomic mass is 10.1. The smallest absolute Gasteiger partial charge is 0.276 e. The number of amides is 1. The quantitative estimate of drug-likeness (QED) is 0.885. The Balaban J connectivity index is 2.08. The molecule has 0 spiro atoms. The number of hydrogen-bond acceptors (Lipinski definition) is 3. The molecule has 0 aliphatic rings. The Bertz CT molecular complexity index is 664. The second-order valence-corrected chi connectivity index (χ2v) is 6.30. The molecule has 0 aliphatic heterocycles. The van der Waals surface area contributed by atoms with E-state index in [4.69, 9.17) is 11.6 Å². The van der Waals surface area contributed by atoms with E-state index < -0.39 is 0 Å². The van der Waals surface area contributed by atoms with Gasteiger partial charge in [0.15, 0.2) is 5.69 Å². The second kappa shape index (κ2) is 6.83. The van der Waals surface area contributed by atoms with Crippen LogP contribution in [0.4, 0.5) is 11.4 Å². The van der Waals surface area contributed by atoms with E-state index in [9.17, 15) is 4.79 Å². The van der Waals surface area contributed by atoms with E-state index in [1.54, 1.807) is 12.1 Å². The number of nitrogens with zero attached hydrogens (tertiary/aromatic N) is 2. The zero-order valence-electron chi connectivity index (χ0n) is 13.3. The molecule has 2 aromatic rings. The highest BCUT2D eigenvalue weighted by atomic mass is 35.5. The van der Waals surface area contributed by atoms with Gasteiger partial charge in [-0.25, -0.2) is 0 Å². The number of benzene rings is 1. The number of nitrogens with one attached hydrogen (secondary N) is 2. The summed E-state index contributed by atoms with van der Waals surface area (Å²) >= 11 is 6.20. The Morgan fingerprint density at radius 2 is 2.09 bits per heavy atom. The third-order valence-corrected chi connectivity index (χ3v) is 3.48. The van der Waals surface area contributed by atoms with Crippen LogP contribution in [0.3, 0.4) is 0 Å². The minimum Gasteiger partial charge on any atom is -0.376 e. The highest BCUT2D eigenvalue weighted by Gasteiger charge is 2.12. The fourth-order valence-corrected chi connectivity index (χ4v) is 2.51. The van der Waals surface area contributed by atoms with Gasteiger partial charge >= 0.3 is 0 Å². The molecule has 1 aromatic heterocycles. The Morgan fingerprint density at radius 1 is 1.36 bits per heavy atom. The van der Waals surface area contributed by atoms with E-state index >= 15 is 0 Å². The lowest BCUT2D eigenvalue weighted by molar-refractivity contribution is 0.102. The molecule has 1 amide bonds. The first-order valence-corrected chi connectivity index (χ1v) is 7.57. The SMILES string of the molecule is CC(C)Cc1cc(C(=O)Nc2ccc(N(C)C)c(Cl)c2)n[nH]1. The number of rotatable bonds is 5. The number of halogens is 1. The van der Waals surface area contributed by atoms with Gasteiger partial charge in [-0.2, -0.15) is 5.10 Å². The number of hydrogen-bond donors (Lipinski definition) is 2. The van der Waals surface area contributed by atoms with Crippen LogP contribution in [-0.4, -0.2) is 30.2 Å². The Morgan fingerprint density at radius 3 is 2.68 bits per heavy atom. The van der Waals surface area contributed by atoms with Gasteiger partial charge in [-0.1, -0.05) is 25.4 Å². The Labute approximate surface area is 135 Å². The zero-order valence-corrected chi connectivity index (χ0v) is 14.0. The summed E-state index contributed by atoms with van der Waals surface area (Å²) in [7, 11) is 3.83. The topological polar surface area (TPSA) is 61.0 Å². The predicted molar refractivity (Wildman–Crippen MR) is 90.9 cm³/mol. The summed E-state index contributed by atoms with van der Waals surface area (Å²) in [5.41, 5.74) is 2.89. The number of carbonyl (C=O) groups excluding carboxylic acids is 1. The van der Waals surface area contributed by atoms with E-state index in [0.29, 0.717) is 22.3 Å². The Kier molecular flexibility index (Phi) is 5.08. The number of H-pyrrole nitrogens is 1. The van der Waals surface area contributed by atoms with Crippen molar-refractivity contribution in [2.45, 2.75) is 20.3 Å². The molecule has 0 saturated carbocycles. The maximum absolute atomic E-state index is 12.2. The fourth-order valence-electron chi connectivity index (χ4n) is 2.16. The number of anilines is 2. The van der Waals surface area contributed by atoms with Crippen LogP contribution in [0.2, 0.25) is 5.02 Å². The first-order valence-electron chi connectivity index (χ1n) is 7.19. The summed E-state index contributed by atoms with van der Waals surface area (Å²) in [5, 5.41) is 10.3. The van der Waals surface area contributed by atoms with Crippen molar-refractivity contribution in [3.05, 3.63) is 40.7 Å². The maximum Gasteiger partial charge on any atom is 0.276 e. The van der Waals surface area contributed by atoms with Crippen molar-refractivity contribution in [1.82, 2.24) is 10.2 Å². The summed E-state index contributed by atoms with van der Waals surface area (Å²) in [6.45, 7) is 4.24. The van der Waals surface area contributed by atoms with Crippen molar-refractivity contribution in [1.29, 1.82) is 0 Å². The average Bonchev–Trinajstić information content (AvgIpc) is 2.86. The molecule has 0 atom stereocenters. The fraction of sp³-hybridized carbons (Fsp3) is 0.375. The van der Waals surface area contributed by atoms with Crippen molar-refractivity contribution in [2.24, 2.45) is 5.92 Å².